The van der Waals surface area contributed by atoms with Crippen molar-refractivity contribution < 1.29 is 37.8 Å². The monoisotopic (exact) mass is 953 g/mol. The molecule has 364 valence electrons. The van der Waals surface area contributed by atoms with Crippen molar-refractivity contribution in [2.45, 2.75) is 137 Å². The molecule has 5 aliphatic heterocycles. The van der Waals surface area contributed by atoms with E-state index in [1.165, 1.54) is 0 Å². The minimum absolute atomic E-state index is 0.0660. The fourth-order valence-electron chi connectivity index (χ4n) is 13.5. The molecule has 8 N–H and O–H groups in total. The second-order valence-corrected chi connectivity index (χ2v) is 23.0. The van der Waals surface area contributed by atoms with E-state index in [0.29, 0.717) is 61.8 Å². The highest BCUT2D eigenvalue weighted by Gasteiger charge is 2.50. The van der Waals surface area contributed by atoms with E-state index in [1.54, 1.807) is 12.1 Å². The summed E-state index contributed by atoms with van der Waals surface area (Å²) in [5.74, 6) is 5.34. The normalized spacial score (nSPS) is 30.8. The molecule has 0 radical (unpaired) electrons. The van der Waals surface area contributed by atoms with E-state index in [-0.39, 0.29) is 72.8 Å². The van der Waals surface area contributed by atoms with E-state index in [0.717, 1.165) is 65.5 Å². The van der Waals surface area contributed by atoms with Crippen LogP contribution in [0.5, 0.6) is 11.5 Å². The van der Waals surface area contributed by atoms with Gasteiger partial charge >= 0.3 is 0 Å². The Hall–Kier alpha value is -5.16. The molecule has 0 amide bonds. The lowest BCUT2D eigenvalue weighted by atomic mass is 9.64. The molecule has 12 rings (SSSR count). The summed E-state index contributed by atoms with van der Waals surface area (Å²) in [6, 6.07) is 29.5. The second-order valence-electron chi connectivity index (χ2n) is 21.3. The highest BCUT2D eigenvalue weighted by Crippen LogP contribution is 2.55. The number of phenolic OH excluding ortho intramolecular Hbond substituents is 1. The van der Waals surface area contributed by atoms with Crippen LogP contribution in [0.15, 0.2) is 108 Å². The van der Waals surface area contributed by atoms with Gasteiger partial charge in [-0.3, -0.25) is 4.55 Å². The van der Waals surface area contributed by atoms with Crippen molar-refractivity contribution in [3.63, 3.8) is 0 Å². The van der Waals surface area contributed by atoms with Crippen LogP contribution in [0.3, 0.4) is 0 Å². The van der Waals surface area contributed by atoms with Crippen molar-refractivity contribution in [2.24, 2.45) is 46.0 Å². The number of aliphatic imine (C=N–C) groups is 1. The molecule has 11 nitrogen and oxygen atoms in total. The maximum atomic E-state index is 14.3. The second kappa shape index (κ2) is 19.2. The molecule has 12 heteroatoms. The maximum absolute atomic E-state index is 14.3. The summed E-state index contributed by atoms with van der Waals surface area (Å²) in [4.78, 5) is 5.06. The minimum Gasteiger partial charge on any atom is -0.508 e. The van der Waals surface area contributed by atoms with E-state index in [2.05, 4.69) is 61.2 Å². The molecule has 8 aliphatic rings. The molecule has 2 fully saturated rings. The summed E-state index contributed by atoms with van der Waals surface area (Å²) in [5.41, 5.74) is 17.6. The lowest BCUT2D eigenvalue weighted by molar-refractivity contribution is -0.0789. The minimum atomic E-state index is -4.66. The topological polar surface area (TPSA) is 198 Å². The summed E-state index contributed by atoms with van der Waals surface area (Å²) < 4.78 is 54.6. The van der Waals surface area contributed by atoms with Crippen molar-refractivity contribution in [1.29, 1.82) is 0 Å². The average Bonchev–Trinajstić information content (AvgIpc) is 3.45. The molecule has 4 aromatic rings. The van der Waals surface area contributed by atoms with E-state index >= 15 is 0 Å². The predicted molar refractivity (Wildman–Crippen MR) is 267 cm³/mol. The Labute approximate surface area is 407 Å². The number of aromatic hydroxyl groups is 1. The van der Waals surface area contributed by atoms with Crippen LogP contribution >= 0.6 is 0 Å². The van der Waals surface area contributed by atoms with Crippen LogP contribution in [0.4, 0.5) is 0 Å². The van der Waals surface area contributed by atoms with Gasteiger partial charge in [0.1, 0.15) is 17.6 Å². The number of hydrogen-bond acceptors (Lipinski definition) is 8. The standard InChI is InChI=1S/C57H67N3O8S/c1-35-13-14-40-29-46-20-22-48(40)50(35)32-52(69(64,65)66)51-31-42-27-41(30-47-26-37(34-61)11-8-12-39-28-45(62)19-21-49(39)54(42)67-47)53(51)38-15-17-43(18-16-38)57(68-46,60-55(58)59)33-44(25-36-9-4-2-5-10-36)56(63)23-6-3-7-24-56/h2,4-5,9-10,15-22,28-29,31,35,37,41,44,47,50-54,61-63H,3,6-7,11,13-14,23-27,30,32-34H2,1H3,(H4,58,59,60)(H,64,65,66)/t35-,37+,41-,44+,47-,50+,51-,52-,53+,54-,57-/m1/s1. The Morgan fingerprint density at radius 3 is 2.45 bits per heavy atom. The Bertz CT molecular complexity index is 2760. The first-order valence-corrected chi connectivity index (χ1v) is 26.7. The third kappa shape index (κ3) is 9.70. The number of aliphatic hydroxyl groups is 2. The van der Waals surface area contributed by atoms with Gasteiger partial charge in [0.25, 0.3) is 10.1 Å². The van der Waals surface area contributed by atoms with Crippen LogP contribution in [0.25, 0.3) is 0 Å². The summed E-state index contributed by atoms with van der Waals surface area (Å²) in [7, 11) is -4.66. The number of aliphatic hydroxyl groups excluding tert-OH is 1. The van der Waals surface area contributed by atoms with Gasteiger partial charge in [-0.05, 0) is 145 Å². The Morgan fingerprint density at radius 2 is 1.71 bits per heavy atom. The zero-order valence-corrected chi connectivity index (χ0v) is 40.4. The SMILES string of the molecule is C[C@@H]1CCc2cc3ccc2[C@H]1C[C@@H](S(=O)(=O)O)[C@H]1C=C2C[C@H](C[C@H]4C[C@@H](CO)CC#Cc5cc(O)ccc5[C@@H]2O4)[C@@H]1c1ccc(cc1)[C@](C[C@H](Cc1ccccc1)C1(O)CCCCC1)(N=C(N)N)O3. The highest BCUT2D eigenvalue weighted by atomic mass is 32.2. The first kappa shape index (κ1) is 47.5. The number of nitrogens with zero attached hydrogens (tertiary/aromatic N) is 1. The number of benzene rings is 4. The molecule has 0 unspecified atom stereocenters. The maximum Gasteiger partial charge on any atom is 0.268 e. The lowest BCUT2D eigenvalue weighted by Crippen LogP contribution is -2.47. The zero-order valence-electron chi connectivity index (χ0n) is 39.5. The van der Waals surface area contributed by atoms with Crippen LogP contribution < -0.4 is 16.2 Å². The first-order chi connectivity index (χ1) is 33.2. The molecule has 69 heavy (non-hydrogen) atoms. The van der Waals surface area contributed by atoms with Crippen molar-refractivity contribution in [2.75, 3.05) is 6.61 Å². The number of fused-ring (bicyclic) bond motifs is 9. The van der Waals surface area contributed by atoms with Gasteiger partial charge in [-0.1, -0.05) is 111 Å². The van der Waals surface area contributed by atoms with Crippen LogP contribution in [0.2, 0.25) is 0 Å². The molecular formula is C57H67N3O8S. The molecule has 5 heterocycles. The number of nitrogens with two attached hydrogens (primary N) is 2. The van der Waals surface area contributed by atoms with Crippen molar-refractivity contribution in [1.82, 2.24) is 0 Å². The van der Waals surface area contributed by atoms with Gasteiger partial charge in [-0.25, -0.2) is 4.99 Å². The van der Waals surface area contributed by atoms with E-state index in [1.807, 2.05) is 42.5 Å². The van der Waals surface area contributed by atoms with Crippen molar-refractivity contribution >= 4 is 16.1 Å². The molecule has 0 spiro atoms. The smallest absolute Gasteiger partial charge is 0.268 e. The predicted octanol–water partition coefficient (Wildman–Crippen LogP) is 9.10. The van der Waals surface area contributed by atoms with E-state index in [4.69, 9.17) is 25.9 Å². The van der Waals surface area contributed by atoms with Gasteiger partial charge in [0.05, 0.1) is 17.0 Å². The summed E-state index contributed by atoms with van der Waals surface area (Å²) in [5, 5.41) is 32.8. The van der Waals surface area contributed by atoms with Crippen LogP contribution in [0, 0.1) is 41.4 Å². The molecule has 4 aromatic carbocycles. The van der Waals surface area contributed by atoms with Crippen LogP contribution in [-0.4, -0.2) is 57.8 Å². The number of hydrogen-bond donors (Lipinski definition) is 6. The Balaban J connectivity index is 1.17. The third-order valence-corrected chi connectivity index (χ3v) is 18.2. The fourth-order valence-corrected chi connectivity index (χ4v) is 14.6. The van der Waals surface area contributed by atoms with Crippen LogP contribution in [0.1, 0.15) is 141 Å². The van der Waals surface area contributed by atoms with E-state index < -0.39 is 38.7 Å². The van der Waals surface area contributed by atoms with Gasteiger partial charge in [0, 0.05) is 42.1 Å². The molecule has 0 aromatic heterocycles. The van der Waals surface area contributed by atoms with Gasteiger partial charge in [0.2, 0.25) is 5.72 Å². The first-order valence-electron chi connectivity index (χ1n) is 25.2. The quantitative estimate of drug-likeness (QED) is 0.0326. The summed E-state index contributed by atoms with van der Waals surface area (Å²) in [6.07, 6.45) is 10.2. The third-order valence-electron chi connectivity index (χ3n) is 16.9. The number of rotatable bonds is 8. The Kier molecular flexibility index (Phi) is 13.2. The average molecular weight is 954 g/mol. The number of aryl methyl sites for hydroxylation is 1. The zero-order chi connectivity index (χ0) is 48.1. The van der Waals surface area contributed by atoms with Crippen LogP contribution in [-0.2, 0) is 33.4 Å². The summed E-state index contributed by atoms with van der Waals surface area (Å²) in [6.45, 7) is 2.11. The molecule has 11 atom stereocenters. The molecule has 3 aliphatic carbocycles. The van der Waals surface area contributed by atoms with E-state index in [9.17, 15) is 28.3 Å². The molecule has 1 saturated heterocycles. The lowest BCUT2D eigenvalue weighted by Gasteiger charge is -2.44. The largest absolute Gasteiger partial charge is 0.508 e. The number of phenols is 1. The summed E-state index contributed by atoms with van der Waals surface area (Å²) >= 11 is 0. The molecular weight excluding hydrogens is 887 g/mol. The Morgan fingerprint density at radius 1 is 0.942 bits per heavy atom. The fraction of sp³-hybridized carbons (Fsp3) is 0.491. The molecule has 10 bridgehead atoms. The number of guanidine groups is 1. The highest BCUT2D eigenvalue weighted by molar-refractivity contribution is 7.86. The number of ether oxygens (including phenoxy) is 2. The van der Waals surface area contributed by atoms with Crippen molar-refractivity contribution in [3.05, 3.63) is 142 Å². The van der Waals surface area contributed by atoms with Crippen molar-refractivity contribution in [3.8, 4) is 23.3 Å². The van der Waals surface area contributed by atoms with Gasteiger partial charge < -0.3 is 36.3 Å². The molecule has 1 saturated carbocycles. The van der Waals surface area contributed by atoms with Gasteiger partial charge in [-0.15, -0.1) is 0 Å². The van der Waals surface area contributed by atoms with Gasteiger partial charge in [0.15, 0.2) is 5.96 Å². The van der Waals surface area contributed by atoms with Gasteiger partial charge in [-0.2, -0.15) is 8.42 Å². The number of allylic oxidation sites excluding steroid dienone is 1.